The van der Waals surface area contributed by atoms with Gasteiger partial charge in [-0.1, -0.05) is 12.8 Å². The molecule has 1 aliphatic heterocycles. The van der Waals surface area contributed by atoms with Crippen LogP contribution in [0.3, 0.4) is 0 Å². The molecule has 2 rings (SSSR count). The van der Waals surface area contributed by atoms with Gasteiger partial charge in [0.05, 0.1) is 12.7 Å². The van der Waals surface area contributed by atoms with Crippen molar-refractivity contribution in [1.82, 2.24) is 9.88 Å². The van der Waals surface area contributed by atoms with Crippen molar-refractivity contribution in [3.63, 3.8) is 0 Å². The smallest absolute Gasteiger partial charge is 0.355 e. The summed E-state index contributed by atoms with van der Waals surface area (Å²) in [6.45, 7) is 4.46. The lowest BCUT2D eigenvalue weighted by Gasteiger charge is -2.19. The van der Waals surface area contributed by atoms with E-state index < -0.39 is 11.9 Å². The summed E-state index contributed by atoms with van der Waals surface area (Å²) in [6.07, 6.45) is 4.22. The molecule has 1 aromatic rings. The van der Waals surface area contributed by atoms with Gasteiger partial charge in [0.1, 0.15) is 5.69 Å². The van der Waals surface area contributed by atoms with Gasteiger partial charge in [-0.05, 0) is 32.3 Å². The third-order valence-electron chi connectivity index (χ3n) is 4.32. The van der Waals surface area contributed by atoms with E-state index in [0.717, 1.165) is 25.7 Å². The van der Waals surface area contributed by atoms with Crippen LogP contribution in [-0.4, -0.2) is 54.5 Å². The summed E-state index contributed by atoms with van der Waals surface area (Å²) >= 11 is 0. The van der Waals surface area contributed by atoms with Crippen LogP contribution in [0.25, 0.3) is 0 Å². The summed E-state index contributed by atoms with van der Waals surface area (Å²) in [5.74, 6) is -1.34. The molecule has 1 aromatic heterocycles. The number of carbonyl (C=O) groups excluding carboxylic acids is 3. The second-order valence-electron chi connectivity index (χ2n) is 5.99. The Morgan fingerprint density at radius 3 is 2.25 bits per heavy atom. The largest absolute Gasteiger partial charge is 0.465 e. The number of methoxy groups -OCH3 is 1. The summed E-state index contributed by atoms with van der Waals surface area (Å²) in [4.78, 5) is 40.7. The van der Waals surface area contributed by atoms with Gasteiger partial charge in [-0.15, -0.1) is 0 Å². The molecule has 2 heterocycles. The Morgan fingerprint density at radius 2 is 1.67 bits per heavy atom. The number of ether oxygens (including phenoxy) is 2. The van der Waals surface area contributed by atoms with Crippen LogP contribution >= 0.6 is 0 Å². The number of nitrogens with one attached hydrogen (secondary N) is 1. The van der Waals surface area contributed by atoms with Gasteiger partial charge in [0.2, 0.25) is 0 Å². The highest BCUT2D eigenvalue weighted by Crippen LogP contribution is 2.19. The Bertz CT molecular complexity index is 627. The summed E-state index contributed by atoms with van der Waals surface area (Å²) in [5.41, 5.74) is 1.50. The molecule has 0 radical (unpaired) electrons. The number of hydrogen-bond donors (Lipinski definition) is 1. The van der Waals surface area contributed by atoms with Crippen LogP contribution < -0.4 is 0 Å². The number of aromatic nitrogens is 1. The maximum atomic E-state index is 12.2. The van der Waals surface area contributed by atoms with Crippen LogP contribution in [0.15, 0.2) is 0 Å². The fourth-order valence-electron chi connectivity index (χ4n) is 2.97. The van der Waals surface area contributed by atoms with Crippen molar-refractivity contribution in [2.24, 2.45) is 0 Å². The molecule has 1 amide bonds. The second kappa shape index (κ2) is 7.99. The molecule has 0 saturated carbocycles. The molecule has 0 aromatic carbocycles. The van der Waals surface area contributed by atoms with E-state index in [1.807, 2.05) is 0 Å². The van der Waals surface area contributed by atoms with Crippen molar-refractivity contribution < 1.29 is 23.9 Å². The number of aromatic amines is 1. The van der Waals surface area contributed by atoms with E-state index >= 15 is 0 Å². The molecule has 0 unspecified atom stereocenters. The number of esters is 2. The average Bonchev–Trinajstić information content (AvgIpc) is 2.76. The van der Waals surface area contributed by atoms with Gasteiger partial charge in [0, 0.05) is 18.8 Å². The predicted molar refractivity (Wildman–Crippen MR) is 86.9 cm³/mol. The number of carbonyl (C=O) groups is 3. The highest BCUT2D eigenvalue weighted by Gasteiger charge is 2.24. The fraction of sp³-hybridized carbons (Fsp3) is 0.588. The van der Waals surface area contributed by atoms with Crippen LogP contribution in [-0.2, 0) is 14.3 Å². The molecule has 7 heteroatoms. The lowest BCUT2D eigenvalue weighted by molar-refractivity contribution is -0.134. The number of likely N-dealkylation sites (tertiary alicyclic amines) is 1. The monoisotopic (exact) mass is 336 g/mol. The molecule has 1 N–H and O–H groups in total. The first-order chi connectivity index (χ1) is 11.5. The molecule has 0 spiro atoms. The molecule has 1 fully saturated rings. The lowest BCUT2D eigenvalue weighted by Crippen LogP contribution is -2.35. The van der Waals surface area contributed by atoms with Crippen molar-refractivity contribution in [2.75, 3.05) is 26.8 Å². The SMILES string of the molecule is COC(=O)c1c(C)[nH]c(C(=O)OCC(=O)N2CCCCCC2)c1C. The molecular formula is C17H24N2O5. The average molecular weight is 336 g/mol. The zero-order chi connectivity index (χ0) is 17.7. The number of amides is 1. The van der Waals surface area contributed by atoms with Crippen molar-refractivity contribution in [2.45, 2.75) is 39.5 Å². The van der Waals surface area contributed by atoms with E-state index in [1.54, 1.807) is 18.7 Å². The van der Waals surface area contributed by atoms with Crippen LogP contribution in [0.2, 0.25) is 0 Å². The van der Waals surface area contributed by atoms with Crippen molar-refractivity contribution in [1.29, 1.82) is 0 Å². The molecule has 1 aliphatic rings. The van der Waals surface area contributed by atoms with Gasteiger partial charge < -0.3 is 19.4 Å². The summed E-state index contributed by atoms with van der Waals surface area (Å²) in [6, 6.07) is 0. The Balaban J connectivity index is 2.00. The molecule has 7 nitrogen and oxygen atoms in total. The zero-order valence-electron chi connectivity index (χ0n) is 14.4. The van der Waals surface area contributed by atoms with E-state index in [1.165, 1.54) is 7.11 Å². The number of hydrogen-bond acceptors (Lipinski definition) is 5. The Kier molecular flexibility index (Phi) is 6.00. The zero-order valence-corrected chi connectivity index (χ0v) is 14.4. The second-order valence-corrected chi connectivity index (χ2v) is 5.99. The number of H-pyrrole nitrogens is 1. The van der Waals surface area contributed by atoms with Crippen molar-refractivity contribution >= 4 is 17.8 Å². The van der Waals surface area contributed by atoms with E-state index in [9.17, 15) is 14.4 Å². The fourth-order valence-corrected chi connectivity index (χ4v) is 2.97. The highest BCUT2D eigenvalue weighted by atomic mass is 16.5. The number of rotatable bonds is 4. The maximum Gasteiger partial charge on any atom is 0.355 e. The van der Waals surface area contributed by atoms with Crippen molar-refractivity contribution in [3.05, 3.63) is 22.5 Å². The first kappa shape index (κ1) is 18.0. The Hall–Kier alpha value is -2.31. The number of aryl methyl sites for hydroxylation is 1. The minimum atomic E-state index is -0.645. The van der Waals surface area contributed by atoms with E-state index in [0.29, 0.717) is 29.9 Å². The van der Waals surface area contributed by atoms with Crippen LogP contribution in [0.1, 0.15) is 57.8 Å². The number of nitrogens with zero attached hydrogens (tertiary/aromatic N) is 1. The van der Waals surface area contributed by atoms with Gasteiger partial charge in [0.25, 0.3) is 5.91 Å². The molecular weight excluding hydrogens is 312 g/mol. The van der Waals surface area contributed by atoms with Crippen LogP contribution in [0, 0.1) is 13.8 Å². The van der Waals surface area contributed by atoms with Gasteiger partial charge in [-0.25, -0.2) is 9.59 Å². The van der Waals surface area contributed by atoms with E-state index in [2.05, 4.69) is 4.98 Å². The van der Waals surface area contributed by atoms with E-state index in [4.69, 9.17) is 9.47 Å². The predicted octanol–water partition coefficient (Wildman–Crippen LogP) is 1.98. The van der Waals surface area contributed by atoms with Crippen LogP contribution in [0.4, 0.5) is 0 Å². The lowest BCUT2D eigenvalue weighted by atomic mass is 10.1. The molecule has 1 saturated heterocycles. The molecule has 0 atom stereocenters. The Morgan fingerprint density at radius 1 is 1.04 bits per heavy atom. The van der Waals surface area contributed by atoms with Crippen molar-refractivity contribution in [3.8, 4) is 0 Å². The van der Waals surface area contributed by atoms with Gasteiger partial charge in [0.15, 0.2) is 6.61 Å². The third kappa shape index (κ3) is 3.96. The molecule has 0 aliphatic carbocycles. The quantitative estimate of drug-likeness (QED) is 0.849. The summed E-state index contributed by atoms with van der Waals surface area (Å²) in [7, 11) is 1.28. The Labute approximate surface area is 141 Å². The van der Waals surface area contributed by atoms with Gasteiger partial charge in [-0.2, -0.15) is 0 Å². The minimum absolute atomic E-state index is 0.177. The molecule has 24 heavy (non-hydrogen) atoms. The third-order valence-corrected chi connectivity index (χ3v) is 4.32. The first-order valence-electron chi connectivity index (χ1n) is 8.18. The molecule has 132 valence electrons. The normalized spacial score (nSPS) is 14.9. The maximum absolute atomic E-state index is 12.2. The highest BCUT2D eigenvalue weighted by molar-refractivity contribution is 5.99. The van der Waals surface area contributed by atoms with Gasteiger partial charge >= 0.3 is 11.9 Å². The standard InChI is InChI=1S/C17H24N2O5/c1-11-14(16(21)23-3)12(2)18-15(11)17(22)24-10-13(20)19-8-6-4-5-7-9-19/h18H,4-10H2,1-3H3. The summed E-state index contributed by atoms with van der Waals surface area (Å²) < 4.78 is 9.84. The summed E-state index contributed by atoms with van der Waals surface area (Å²) in [5, 5.41) is 0. The minimum Gasteiger partial charge on any atom is -0.465 e. The topological polar surface area (TPSA) is 88.7 Å². The molecule has 0 bridgehead atoms. The van der Waals surface area contributed by atoms with Gasteiger partial charge in [-0.3, -0.25) is 4.79 Å². The van der Waals surface area contributed by atoms with Crippen LogP contribution in [0.5, 0.6) is 0 Å². The van der Waals surface area contributed by atoms with E-state index in [-0.39, 0.29) is 18.2 Å². The first-order valence-corrected chi connectivity index (χ1v) is 8.18.